The van der Waals surface area contributed by atoms with Gasteiger partial charge in [-0.05, 0) is 25.0 Å². The van der Waals surface area contributed by atoms with Crippen molar-refractivity contribution in [3.63, 3.8) is 0 Å². The lowest BCUT2D eigenvalue weighted by molar-refractivity contribution is -0.128. The van der Waals surface area contributed by atoms with Gasteiger partial charge in [-0.1, -0.05) is 42.8 Å². The van der Waals surface area contributed by atoms with Crippen molar-refractivity contribution in [1.29, 1.82) is 0 Å². The second kappa shape index (κ2) is 8.41. The summed E-state index contributed by atoms with van der Waals surface area (Å²) in [7, 11) is 0. The number of amides is 2. The van der Waals surface area contributed by atoms with Crippen molar-refractivity contribution in [2.75, 3.05) is 30.3 Å². The fourth-order valence-corrected chi connectivity index (χ4v) is 4.67. The molecule has 4 rings (SSSR count). The highest BCUT2D eigenvalue weighted by molar-refractivity contribution is 8.14. The SMILES string of the molecule is O=C(CSC1=NC2NNCC2C(=O)N1c1ccccc1)N1CCCCCC1. The third kappa shape index (κ3) is 4.02. The average molecular weight is 388 g/mol. The van der Waals surface area contributed by atoms with E-state index in [0.717, 1.165) is 31.6 Å². The molecule has 2 saturated heterocycles. The van der Waals surface area contributed by atoms with E-state index in [1.54, 1.807) is 4.90 Å². The molecule has 0 bridgehead atoms. The number of para-hydroxylation sites is 1. The number of nitrogens with one attached hydrogen (secondary N) is 2. The summed E-state index contributed by atoms with van der Waals surface area (Å²) in [6.45, 7) is 2.23. The average Bonchev–Trinajstić information content (AvgIpc) is 3.00. The summed E-state index contributed by atoms with van der Waals surface area (Å²) in [6.07, 6.45) is 4.27. The Morgan fingerprint density at radius 2 is 1.89 bits per heavy atom. The number of likely N-dealkylation sites (tertiary alicyclic amines) is 1. The predicted molar refractivity (Wildman–Crippen MR) is 107 cm³/mol. The number of aliphatic imine (C=N–C) groups is 1. The van der Waals surface area contributed by atoms with E-state index in [9.17, 15) is 9.59 Å². The Morgan fingerprint density at radius 3 is 2.63 bits per heavy atom. The van der Waals surface area contributed by atoms with E-state index in [1.165, 1.54) is 24.6 Å². The maximum atomic E-state index is 13.1. The molecule has 0 aromatic heterocycles. The minimum absolute atomic E-state index is 0.0171. The van der Waals surface area contributed by atoms with E-state index >= 15 is 0 Å². The Labute approximate surface area is 163 Å². The van der Waals surface area contributed by atoms with Crippen LogP contribution in [0.1, 0.15) is 25.7 Å². The normalized spacial score (nSPS) is 25.8. The Balaban J connectivity index is 1.51. The van der Waals surface area contributed by atoms with Crippen molar-refractivity contribution in [2.24, 2.45) is 10.9 Å². The summed E-state index contributed by atoms with van der Waals surface area (Å²) in [6, 6.07) is 9.54. The summed E-state index contributed by atoms with van der Waals surface area (Å²) in [5.74, 6) is 0.226. The number of hydrazine groups is 1. The third-order valence-electron chi connectivity index (χ3n) is 5.23. The number of rotatable bonds is 3. The predicted octanol–water partition coefficient (Wildman–Crippen LogP) is 1.58. The number of hydrogen-bond acceptors (Lipinski definition) is 6. The number of hydrogen-bond donors (Lipinski definition) is 2. The first-order valence-corrected chi connectivity index (χ1v) is 10.6. The number of amidine groups is 1. The molecule has 3 heterocycles. The zero-order valence-corrected chi connectivity index (χ0v) is 16.1. The van der Waals surface area contributed by atoms with Gasteiger partial charge in [0.05, 0.1) is 17.4 Å². The molecular formula is C19H25N5O2S. The number of benzene rings is 1. The molecule has 2 fully saturated rings. The molecule has 1 aromatic carbocycles. The van der Waals surface area contributed by atoms with Crippen molar-refractivity contribution in [3.8, 4) is 0 Å². The van der Waals surface area contributed by atoms with Gasteiger partial charge in [0, 0.05) is 19.6 Å². The Kier molecular flexibility index (Phi) is 5.75. The molecule has 3 aliphatic heterocycles. The lowest BCUT2D eigenvalue weighted by Crippen LogP contribution is -2.49. The topological polar surface area (TPSA) is 77.0 Å². The monoisotopic (exact) mass is 387 g/mol. The van der Waals surface area contributed by atoms with Gasteiger partial charge in [0.2, 0.25) is 11.8 Å². The number of thioether (sulfide) groups is 1. The summed E-state index contributed by atoms with van der Waals surface area (Å²) < 4.78 is 0. The Bertz CT molecular complexity index is 718. The highest BCUT2D eigenvalue weighted by atomic mass is 32.2. The molecule has 0 aliphatic carbocycles. The molecule has 2 unspecified atom stereocenters. The molecule has 3 aliphatic rings. The van der Waals surface area contributed by atoms with Crippen LogP contribution in [-0.4, -0.2) is 53.4 Å². The molecule has 2 atom stereocenters. The highest BCUT2D eigenvalue weighted by Crippen LogP contribution is 2.29. The van der Waals surface area contributed by atoms with E-state index in [0.29, 0.717) is 17.5 Å². The quantitative estimate of drug-likeness (QED) is 0.823. The Morgan fingerprint density at radius 1 is 1.15 bits per heavy atom. The van der Waals surface area contributed by atoms with Crippen LogP contribution in [0.15, 0.2) is 35.3 Å². The van der Waals surface area contributed by atoms with Gasteiger partial charge in [-0.3, -0.25) is 19.9 Å². The summed E-state index contributed by atoms with van der Waals surface area (Å²) in [4.78, 5) is 34.1. The lowest BCUT2D eigenvalue weighted by Gasteiger charge is -2.32. The summed E-state index contributed by atoms with van der Waals surface area (Å²) >= 11 is 1.36. The van der Waals surface area contributed by atoms with Crippen LogP contribution in [0, 0.1) is 5.92 Å². The number of fused-ring (bicyclic) bond motifs is 1. The van der Waals surface area contributed by atoms with Crippen LogP contribution >= 0.6 is 11.8 Å². The zero-order chi connectivity index (χ0) is 18.6. The maximum Gasteiger partial charge on any atom is 0.241 e. The standard InChI is InChI=1S/C19H25N5O2S/c25-16(23-10-6-1-2-7-11-23)13-27-19-21-17-15(12-20-22-17)18(26)24(19)14-8-4-3-5-9-14/h3-5,8-9,15,17,20,22H,1-2,6-7,10-13H2. The second-order valence-electron chi connectivity index (χ2n) is 7.08. The number of carbonyl (C=O) groups excluding carboxylic acids is 2. The minimum atomic E-state index is -0.270. The molecule has 0 saturated carbocycles. The van der Waals surface area contributed by atoms with Gasteiger partial charge in [0.1, 0.15) is 6.17 Å². The summed E-state index contributed by atoms with van der Waals surface area (Å²) in [5.41, 5.74) is 6.87. The fraction of sp³-hybridized carbons (Fsp3) is 0.526. The van der Waals surface area contributed by atoms with Crippen molar-refractivity contribution in [1.82, 2.24) is 15.8 Å². The number of carbonyl (C=O) groups is 2. The van der Waals surface area contributed by atoms with Crippen LogP contribution in [0.2, 0.25) is 0 Å². The van der Waals surface area contributed by atoms with E-state index in [-0.39, 0.29) is 23.9 Å². The number of nitrogens with zero attached hydrogens (tertiary/aromatic N) is 3. The third-order valence-corrected chi connectivity index (χ3v) is 6.17. The molecular weight excluding hydrogens is 362 g/mol. The molecule has 7 nitrogen and oxygen atoms in total. The largest absolute Gasteiger partial charge is 0.342 e. The molecule has 0 radical (unpaired) electrons. The van der Waals surface area contributed by atoms with E-state index in [4.69, 9.17) is 4.99 Å². The first-order chi connectivity index (χ1) is 13.2. The molecule has 144 valence electrons. The van der Waals surface area contributed by atoms with Gasteiger partial charge in [0.15, 0.2) is 5.17 Å². The van der Waals surface area contributed by atoms with Crippen molar-refractivity contribution in [2.45, 2.75) is 31.8 Å². The smallest absolute Gasteiger partial charge is 0.241 e. The van der Waals surface area contributed by atoms with Crippen molar-refractivity contribution in [3.05, 3.63) is 30.3 Å². The maximum absolute atomic E-state index is 13.1. The van der Waals surface area contributed by atoms with E-state index in [2.05, 4.69) is 10.9 Å². The van der Waals surface area contributed by atoms with Crippen LogP contribution in [0.3, 0.4) is 0 Å². The van der Waals surface area contributed by atoms with Gasteiger partial charge in [-0.2, -0.15) is 0 Å². The molecule has 2 N–H and O–H groups in total. The van der Waals surface area contributed by atoms with Crippen molar-refractivity contribution >= 4 is 34.4 Å². The van der Waals surface area contributed by atoms with Gasteiger partial charge >= 0.3 is 0 Å². The molecule has 1 aromatic rings. The van der Waals surface area contributed by atoms with Gasteiger partial charge in [0.25, 0.3) is 0 Å². The van der Waals surface area contributed by atoms with E-state index in [1.807, 2.05) is 35.2 Å². The van der Waals surface area contributed by atoms with Crippen LogP contribution in [0.4, 0.5) is 5.69 Å². The molecule has 0 spiro atoms. The Hall–Kier alpha value is -1.90. The first-order valence-electron chi connectivity index (χ1n) is 9.60. The molecule has 8 heteroatoms. The first kappa shape index (κ1) is 18.5. The summed E-state index contributed by atoms with van der Waals surface area (Å²) in [5, 5.41) is 0.590. The van der Waals surface area contributed by atoms with Crippen LogP contribution in [0.25, 0.3) is 0 Å². The zero-order valence-electron chi connectivity index (χ0n) is 15.3. The highest BCUT2D eigenvalue weighted by Gasteiger charge is 2.42. The van der Waals surface area contributed by atoms with Crippen LogP contribution < -0.4 is 15.8 Å². The molecule has 2 amide bonds. The minimum Gasteiger partial charge on any atom is -0.342 e. The van der Waals surface area contributed by atoms with Gasteiger partial charge in [-0.15, -0.1) is 0 Å². The van der Waals surface area contributed by atoms with Gasteiger partial charge in [-0.25, -0.2) is 10.4 Å². The fourth-order valence-electron chi connectivity index (χ4n) is 3.72. The van der Waals surface area contributed by atoms with Crippen molar-refractivity contribution < 1.29 is 9.59 Å². The second-order valence-corrected chi connectivity index (χ2v) is 8.02. The van der Waals surface area contributed by atoms with Crippen LogP contribution in [-0.2, 0) is 9.59 Å². The van der Waals surface area contributed by atoms with Crippen LogP contribution in [0.5, 0.6) is 0 Å². The lowest BCUT2D eigenvalue weighted by atomic mass is 10.1. The van der Waals surface area contributed by atoms with Gasteiger partial charge < -0.3 is 4.90 Å². The molecule has 27 heavy (non-hydrogen) atoms. The van der Waals surface area contributed by atoms with E-state index < -0.39 is 0 Å². The number of anilines is 1.